The minimum Gasteiger partial charge on any atom is -0.449 e. The van der Waals surface area contributed by atoms with Crippen molar-refractivity contribution in [1.29, 1.82) is 0 Å². The van der Waals surface area contributed by atoms with Crippen molar-refractivity contribution in [1.82, 2.24) is 0 Å². The molecule has 120 valence electrons. The Hall–Kier alpha value is -2.51. The highest BCUT2D eigenvalue weighted by Gasteiger charge is 2.31. The van der Waals surface area contributed by atoms with E-state index in [9.17, 15) is 22.8 Å². The van der Waals surface area contributed by atoms with Gasteiger partial charge >= 0.3 is 12.3 Å². The van der Waals surface area contributed by atoms with Crippen molar-refractivity contribution in [2.75, 3.05) is 5.32 Å². The highest BCUT2D eigenvalue weighted by molar-refractivity contribution is 5.95. The summed E-state index contributed by atoms with van der Waals surface area (Å²) in [5.74, 6) is -1.68. The van der Waals surface area contributed by atoms with Gasteiger partial charge in [-0.3, -0.25) is 4.79 Å². The van der Waals surface area contributed by atoms with E-state index < -0.39 is 30.1 Å². The minimum absolute atomic E-state index is 0.244. The summed E-state index contributed by atoms with van der Waals surface area (Å²) >= 11 is 0. The molecule has 0 fully saturated rings. The SMILES string of the molecule is C/C=C/C(=O)OC(C)C(=O)Nc1ccc(OC(F)(F)F)cc1. The van der Waals surface area contributed by atoms with Crippen LogP contribution in [0.1, 0.15) is 13.8 Å². The second kappa shape index (κ2) is 7.48. The van der Waals surface area contributed by atoms with Gasteiger partial charge in [-0.15, -0.1) is 13.2 Å². The number of halogens is 3. The average Bonchev–Trinajstić information content (AvgIpc) is 2.39. The molecule has 5 nitrogen and oxygen atoms in total. The molecule has 1 unspecified atom stereocenters. The molecule has 0 saturated heterocycles. The van der Waals surface area contributed by atoms with Crippen LogP contribution in [0.2, 0.25) is 0 Å². The van der Waals surface area contributed by atoms with E-state index in [4.69, 9.17) is 4.74 Å². The molecule has 1 rings (SSSR count). The molecule has 0 saturated carbocycles. The highest BCUT2D eigenvalue weighted by atomic mass is 19.4. The molecule has 1 aromatic rings. The molecule has 0 radical (unpaired) electrons. The highest BCUT2D eigenvalue weighted by Crippen LogP contribution is 2.24. The molecule has 1 N–H and O–H groups in total. The Labute approximate surface area is 124 Å². The maximum atomic E-state index is 12.0. The number of alkyl halides is 3. The lowest BCUT2D eigenvalue weighted by Crippen LogP contribution is -2.29. The molecular formula is C14H14F3NO4. The molecule has 0 aliphatic rings. The van der Waals surface area contributed by atoms with Gasteiger partial charge in [0.25, 0.3) is 5.91 Å². The predicted molar refractivity (Wildman–Crippen MR) is 72.1 cm³/mol. The third-order valence-corrected chi connectivity index (χ3v) is 2.32. The number of anilines is 1. The fourth-order valence-electron chi connectivity index (χ4n) is 1.39. The molecule has 0 spiro atoms. The van der Waals surface area contributed by atoms with E-state index in [1.165, 1.54) is 25.1 Å². The molecule has 0 aliphatic carbocycles. The first kappa shape index (κ1) is 17.5. The number of nitrogens with one attached hydrogen (secondary N) is 1. The maximum absolute atomic E-state index is 12.0. The number of rotatable bonds is 5. The summed E-state index contributed by atoms with van der Waals surface area (Å²) in [5.41, 5.74) is 0.244. The fourth-order valence-corrected chi connectivity index (χ4v) is 1.39. The van der Waals surface area contributed by atoms with Gasteiger partial charge in [-0.05, 0) is 38.1 Å². The van der Waals surface area contributed by atoms with Gasteiger partial charge in [0.2, 0.25) is 0 Å². The van der Waals surface area contributed by atoms with Gasteiger partial charge in [-0.2, -0.15) is 0 Å². The number of allylic oxidation sites excluding steroid dienone is 1. The van der Waals surface area contributed by atoms with E-state index >= 15 is 0 Å². The number of hydrogen-bond acceptors (Lipinski definition) is 4. The Morgan fingerprint density at radius 2 is 1.82 bits per heavy atom. The number of carbonyl (C=O) groups is 2. The average molecular weight is 317 g/mol. The molecule has 0 bridgehead atoms. The molecule has 8 heteroatoms. The topological polar surface area (TPSA) is 64.6 Å². The van der Waals surface area contributed by atoms with E-state index in [2.05, 4.69) is 10.1 Å². The van der Waals surface area contributed by atoms with Gasteiger partial charge in [0.05, 0.1) is 0 Å². The summed E-state index contributed by atoms with van der Waals surface area (Å²) in [7, 11) is 0. The lowest BCUT2D eigenvalue weighted by molar-refractivity contribution is -0.274. The quantitative estimate of drug-likeness (QED) is 0.670. The van der Waals surface area contributed by atoms with Crippen molar-refractivity contribution in [2.45, 2.75) is 26.3 Å². The summed E-state index contributed by atoms with van der Waals surface area (Å²) in [6.07, 6.45) is -3.20. The normalized spacial score (nSPS) is 12.8. The Bertz CT molecular complexity index is 552. The predicted octanol–water partition coefficient (Wildman–Crippen LogP) is 3.03. The van der Waals surface area contributed by atoms with Crippen molar-refractivity contribution in [3.8, 4) is 5.75 Å². The zero-order valence-electron chi connectivity index (χ0n) is 11.8. The maximum Gasteiger partial charge on any atom is 0.573 e. The van der Waals surface area contributed by atoms with E-state index in [1.807, 2.05) is 0 Å². The lowest BCUT2D eigenvalue weighted by Gasteiger charge is -2.13. The Kier molecular flexibility index (Phi) is 5.97. The fraction of sp³-hybridized carbons (Fsp3) is 0.286. The van der Waals surface area contributed by atoms with Crippen molar-refractivity contribution in [2.24, 2.45) is 0 Å². The molecule has 0 aromatic heterocycles. The van der Waals surface area contributed by atoms with Gasteiger partial charge in [-0.1, -0.05) is 6.08 Å². The van der Waals surface area contributed by atoms with Gasteiger partial charge < -0.3 is 14.8 Å². The minimum atomic E-state index is -4.78. The van der Waals surface area contributed by atoms with Gasteiger partial charge in [0.15, 0.2) is 6.10 Å². The molecular weight excluding hydrogens is 303 g/mol. The van der Waals surface area contributed by atoms with E-state index in [-0.39, 0.29) is 5.69 Å². The van der Waals surface area contributed by atoms with Crippen molar-refractivity contribution < 1.29 is 32.2 Å². The molecule has 1 aromatic carbocycles. The monoisotopic (exact) mass is 317 g/mol. The van der Waals surface area contributed by atoms with Gasteiger partial charge in [0.1, 0.15) is 5.75 Å². The molecule has 22 heavy (non-hydrogen) atoms. The zero-order valence-corrected chi connectivity index (χ0v) is 11.8. The van der Waals surface area contributed by atoms with Crippen LogP contribution >= 0.6 is 0 Å². The number of esters is 1. The van der Waals surface area contributed by atoms with Crippen LogP contribution < -0.4 is 10.1 Å². The summed E-state index contributed by atoms with van der Waals surface area (Å²) < 4.78 is 44.5. The second-order valence-electron chi connectivity index (χ2n) is 4.14. The Morgan fingerprint density at radius 3 is 2.32 bits per heavy atom. The zero-order chi connectivity index (χ0) is 16.8. The van der Waals surface area contributed by atoms with Crippen molar-refractivity contribution >= 4 is 17.6 Å². The third kappa shape index (κ3) is 6.29. The van der Waals surface area contributed by atoms with Crippen LogP contribution in [0.4, 0.5) is 18.9 Å². The van der Waals surface area contributed by atoms with Crippen LogP contribution in [0.5, 0.6) is 5.75 Å². The Morgan fingerprint density at radius 1 is 1.23 bits per heavy atom. The first-order valence-corrected chi connectivity index (χ1v) is 6.21. The second-order valence-corrected chi connectivity index (χ2v) is 4.14. The van der Waals surface area contributed by atoms with Crippen LogP contribution in [0.25, 0.3) is 0 Å². The first-order chi connectivity index (χ1) is 10.2. The van der Waals surface area contributed by atoms with E-state index in [0.717, 1.165) is 18.2 Å². The summed E-state index contributed by atoms with van der Waals surface area (Å²) in [4.78, 5) is 22.9. The number of amides is 1. The summed E-state index contributed by atoms with van der Waals surface area (Å²) in [5, 5.41) is 2.40. The van der Waals surface area contributed by atoms with Crippen LogP contribution in [0.3, 0.4) is 0 Å². The number of hydrogen-bond donors (Lipinski definition) is 1. The summed E-state index contributed by atoms with van der Waals surface area (Å²) in [6.45, 7) is 2.99. The van der Waals surface area contributed by atoms with E-state index in [1.54, 1.807) is 6.92 Å². The molecule has 1 amide bonds. The Balaban J connectivity index is 2.59. The van der Waals surface area contributed by atoms with Crippen molar-refractivity contribution in [3.05, 3.63) is 36.4 Å². The van der Waals surface area contributed by atoms with Crippen LogP contribution in [0.15, 0.2) is 36.4 Å². The molecule has 0 heterocycles. The van der Waals surface area contributed by atoms with Gasteiger partial charge in [0, 0.05) is 11.8 Å². The van der Waals surface area contributed by atoms with Gasteiger partial charge in [-0.25, -0.2) is 4.79 Å². The number of ether oxygens (including phenoxy) is 2. The first-order valence-electron chi connectivity index (χ1n) is 6.21. The molecule has 1 atom stereocenters. The number of benzene rings is 1. The van der Waals surface area contributed by atoms with Crippen molar-refractivity contribution in [3.63, 3.8) is 0 Å². The van der Waals surface area contributed by atoms with Crippen LogP contribution in [0, 0.1) is 0 Å². The molecule has 0 aliphatic heterocycles. The number of carbonyl (C=O) groups excluding carboxylic acids is 2. The third-order valence-electron chi connectivity index (χ3n) is 2.32. The van der Waals surface area contributed by atoms with E-state index in [0.29, 0.717) is 0 Å². The van der Waals surface area contributed by atoms with Crippen LogP contribution in [-0.4, -0.2) is 24.3 Å². The largest absolute Gasteiger partial charge is 0.573 e. The standard InChI is InChI=1S/C14H14F3NO4/c1-3-4-12(19)21-9(2)13(20)18-10-5-7-11(8-6-10)22-14(15,16)17/h3-9H,1-2H3,(H,18,20)/b4-3+. The van der Waals surface area contributed by atoms with Crippen LogP contribution in [-0.2, 0) is 14.3 Å². The summed E-state index contributed by atoms with van der Waals surface area (Å²) in [6, 6.07) is 4.58. The smallest absolute Gasteiger partial charge is 0.449 e. The lowest BCUT2D eigenvalue weighted by atomic mass is 10.3.